The van der Waals surface area contributed by atoms with Gasteiger partial charge in [-0.05, 0) is 31.2 Å². The Labute approximate surface area is 142 Å². The average molecular weight is 334 g/mol. The summed E-state index contributed by atoms with van der Waals surface area (Å²) in [5.41, 5.74) is 0.898. The SMILES string of the molecule is CC(C)CCC(=O)N1Cc2ccnn2C(C(=O)N2CCCCO2)C1. The lowest BCUT2D eigenvalue weighted by atomic mass is 10.1. The van der Waals surface area contributed by atoms with E-state index < -0.39 is 6.04 Å². The molecule has 0 aliphatic carbocycles. The molecule has 7 nitrogen and oxygen atoms in total. The zero-order valence-electron chi connectivity index (χ0n) is 14.5. The van der Waals surface area contributed by atoms with Gasteiger partial charge in [-0.1, -0.05) is 13.8 Å². The van der Waals surface area contributed by atoms with Gasteiger partial charge in [0.1, 0.15) is 0 Å². The minimum absolute atomic E-state index is 0.105. The molecule has 1 saturated heterocycles. The lowest BCUT2D eigenvalue weighted by molar-refractivity contribution is -0.201. The normalized spacial score (nSPS) is 21.0. The van der Waals surface area contributed by atoms with Crippen LogP contribution in [0.25, 0.3) is 0 Å². The third-order valence-electron chi connectivity index (χ3n) is 4.62. The van der Waals surface area contributed by atoms with Crippen LogP contribution >= 0.6 is 0 Å². The van der Waals surface area contributed by atoms with Crippen molar-refractivity contribution in [2.75, 3.05) is 19.7 Å². The number of rotatable bonds is 4. The fourth-order valence-corrected chi connectivity index (χ4v) is 3.17. The molecule has 24 heavy (non-hydrogen) atoms. The average Bonchev–Trinajstić information content (AvgIpc) is 3.07. The largest absolute Gasteiger partial charge is 0.334 e. The van der Waals surface area contributed by atoms with Crippen LogP contribution in [-0.2, 0) is 21.0 Å². The number of carbonyl (C=O) groups is 2. The Kier molecular flexibility index (Phi) is 5.18. The number of fused-ring (bicyclic) bond motifs is 1. The van der Waals surface area contributed by atoms with Crippen molar-refractivity contribution in [3.05, 3.63) is 18.0 Å². The fourth-order valence-electron chi connectivity index (χ4n) is 3.17. The van der Waals surface area contributed by atoms with Gasteiger partial charge >= 0.3 is 0 Å². The predicted molar refractivity (Wildman–Crippen MR) is 87.7 cm³/mol. The van der Waals surface area contributed by atoms with Gasteiger partial charge in [0, 0.05) is 19.2 Å². The molecular formula is C17H26N4O3. The third-order valence-corrected chi connectivity index (χ3v) is 4.62. The molecule has 0 saturated carbocycles. The van der Waals surface area contributed by atoms with E-state index in [-0.39, 0.29) is 11.8 Å². The first-order valence-corrected chi connectivity index (χ1v) is 8.80. The van der Waals surface area contributed by atoms with Crippen molar-refractivity contribution in [2.24, 2.45) is 5.92 Å². The molecule has 0 radical (unpaired) electrons. The summed E-state index contributed by atoms with van der Waals surface area (Å²) in [7, 11) is 0. The quantitative estimate of drug-likeness (QED) is 0.841. The van der Waals surface area contributed by atoms with E-state index in [2.05, 4.69) is 18.9 Å². The van der Waals surface area contributed by atoms with Crippen molar-refractivity contribution in [2.45, 2.75) is 52.1 Å². The molecule has 132 valence electrons. The molecule has 1 aromatic heterocycles. The van der Waals surface area contributed by atoms with Gasteiger partial charge in [0.05, 0.1) is 25.4 Å². The molecule has 1 atom stereocenters. The minimum atomic E-state index is -0.496. The van der Waals surface area contributed by atoms with E-state index in [1.165, 1.54) is 5.06 Å². The Morgan fingerprint density at radius 2 is 2.21 bits per heavy atom. The maximum Gasteiger partial charge on any atom is 0.272 e. The summed E-state index contributed by atoms with van der Waals surface area (Å²) in [4.78, 5) is 32.7. The van der Waals surface area contributed by atoms with Gasteiger partial charge in [-0.15, -0.1) is 0 Å². The number of carbonyl (C=O) groups excluding carboxylic acids is 2. The van der Waals surface area contributed by atoms with Crippen LogP contribution in [0.1, 0.15) is 51.3 Å². The fraction of sp³-hybridized carbons (Fsp3) is 0.706. The molecule has 3 heterocycles. The molecule has 0 spiro atoms. The van der Waals surface area contributed by atoms with E-state index in [1.54, 1.807) is 15.8 Å². The number of hydroxylamine groups is 2. The summed E-state index contributed by atoms with van der Waals surface area (Å²) in [5, 5.41) is 5.74. The number of nitrogens with zero attached hydrogens (tertiary/aromatic N) is 4. The molecule has 1 fully saturated rings. The highest BCUT2D eigenvalue weighted by Gasteiger charge is 2.36. The Hall–Kier alpha value is -1.89. The van der Waals surface area contributed by atoms with E-state index in [4.69, 9.17) is 4.84 Å². The van der Waals surface area contributed by atoms with Crippen molar-refractivity contribution >= 4 is 11.8 Å². The monoisotopic (exact) mass is 334 g/mol. The zero-order chi connectivity index (χ0) is 17.1. The van der Waals surface area contributed by atoms with Crippen LogP contribution in [-0.4, -0.2) is 51.3 Å². The van der Waals surface area contributed by atoms with E-state index in [9.17, 15) is 9.59 Å². The Balaban J connectivity index is 1.73. The number of hydrogen-bond acceptors (Lipinski definition) is 4. The highest BCUT2D eigenvalue weighted by molar-refractivity contribution is 5.82. The van der Waals surface area contributed by atoms with Crippen LogP contribution < -0.4 is 0 Å². The van der Waals surface area contributed by atoms with Crippen molar-refractivity contribution in [1.82, 2.24) is 19.7 Å². The molecule has 2 amide bonds. The first-order chi connectivity index (χ1) is 11.6. The van der Waals surface area contributed by atoms with E-state index >= 15 is 0 Å². The molecule has 1 aromatic rings. The molecule has 1 unspecified atom stereocenters. The van der Waals surface area contributed by atoms with Gasteiger partial charge in [-0.25, -0.2) is 5.06 Å². The van der Waals surface area contributed by atoms with Crippen molar-refractivity contribution in [3.8, 4) is 0 Å². The van der Waals surface area contributed by atoms with Gasteiger partial charge in [-0.2, -0.15) is 5.10 Å². The maximum absolute atomic E-state index is 12.9. The molecular weight excluding hydrogens is 308 g/mol. The molecule has 2 aliphatic heterocycles. The summed E-state index contributed by atoms with van der Waals surface area (Å²) in [6.45, 7) is 6.28. The summed E-state index contributed by atoms with van der Waals surface area (Å²) in [6, 6.07) is 1.38. The number of hydrogen-bond donors (Lipinski definition) is 0. The molecule has 3 rings (SSSR count). The summed E-state index contributed by atoms with van der Waals surface area (Å²) >= 11 is 0. The molecule has 0 N–H and O–H groups in total. The second-order valence-corrected chi connectivity index (χ2v) is 6.97. The highest BCUT2D eigenvalue weighted by Crippen LogP contribution is 2.24. The second kappa shape index (κ2) is 7.34. The number of aromatic nitrogens is 2. The Morgan fingerprint density at radius 3 is 2.92 bits per heavy atom. The maximum atomic E-state index is 12.9. The lowest BCUT2D eigenvalue weighted by Gasteiger charge is -2.36. The first kappa shape index (κ1) is 17.0. The van der Waals surface area contributed by atoms with Crippen LogP contribution in [0, 0.1) is 5.92 Å². The van der Waals surface area contributed by atoms with Crippen molar-refractivity contribution in [3.63, 3.8) is 0 Å². The Morgan fingerprint density at radius 1 is 1.38 bits per heavy atom. The standard InChI is InChI=1S/C17H26N4O3/c1-13(2)5-6-16(22)19-11-14-7-8-18-21(14)15(12-19)17(23)20-9-3-4-10-24-20/h7-8,13,15H,3-6,9-12H2,1-2H3. The van der Waals surface area contributed by atoms with Gasteiger partial charge in [-0.3, -0.25) is 19.1 Å². The van der Waals surface area contributed by atoms with Crippen LogP contribution in [0.3, 0.4) is 0 Å². The smallest absolute Gasteiger partial charge is 0.272 e. The third kappa shape index (κ3) is 3.61. The molecule has 0 aromatic carbocycles. The summed E-state index contributed by atoms with van der Waals surface area (Å²) in [6.07, 6.45) is 4.99. The topological polar surface area (TPSA) is 67.7 Å². The molecule has 7 heteroatoms. The van der Waals surface area contributed by atoms with Crippen LogP contribution in [0.5, 0.6) is 0 Å². The number of amides is 2. The Bertz CT molecular complexity index is 592. The van der Waals surface area contributed by atoms with E-state index in [0.717, 1.165) is 25.0 Å². The van der Waals surface area contributed by atoms with E-state index in [0.29, 0.717) is 38.6 Å². The van der Waals surface area contributed by atoms with Crippen molar-refractivity contribution < 1.29 is 14.4 Å². The van der Waals surface area contributed by atoms with Gasteiger partial charge in [0.25, 0.3) is 5.91 Å². The van der Waals surface area contributed by atoms with Crippen LogP contribution in [0.4, 0.5) is 0 Å². The van der Waals surface area contributed by atoms with Gasteiger partial charge in [0.15, 0.2) is 6.04 Å². The van der Waals surface area contributed by atoms with Gasteiger partial charge < -0.3 is 4.90 Å². The molecule has 2 aliphatic rings. The zero-order valence-corrected chi connectivity index (χ0v) is 14.5. The van der Waals surface area contributed by atoms with Crippen LogP contribution in [0.15, 0.2) is 12.3 Å². The minimum Gasteiger partial charge on any atom is -0.334 e. The summed E-state index contributed by atoms with van der Waals surface area (Å²) < 4.78 is 1.74. The van der Waals surface area contributed by atoms with Crippen LogP contribution in [0.2, 0.25) is 0 Å². The molecule has 0 bridgehead atoms. The highest BCUT2D eigenvalue weighted by atomic mass is 16.7. The summed E-state index contributed by atoms with van der Waals surface area (Å²) in [5.74, 6) is 0.484. The van der Waals surface area contributed by atoms with Gasteiger partial charge in [0.2, 0.25) is 5.91 Å². The van der Waals surface area contributed by atoms with Crippen molar-refractivity contribution in [1.29, 1.82) is 0 Å². The lowest BCUT2D eigenvalue weighted by Crippen LogP contribution is -2.49. The van der Waals surface area contributed by atoms with E-state index in [1.807, 2.05) is 6.07 Å². The first-order valence-electron chi connectivity index (χ1n) is 8.80. The second-order valence-electron chi connectivity index (χ2n) is 6.97. The predicted octanol–water partition coefficient (Wildman–Crippen LogP) is 1.76.